The Balaban J connectivity index is 1.30. The van der Waals surface area contributed by atoms with Crippen molar-refractivity contribution in [3.8, 4) is 11.4 Å². The molecule has 3 aromatic rings. The quantitative estimate of drug-likeness (QED) is 0.454. The third kappa shape index (κ3) is 5.40. The Morgan fingerprint density at radius 1 is 1.06 bits per heavy atom. The Kier molecular flexibility index (Phi) is 6.81. The van der Waals surface area contributed by atoms with Gasteiger partial charge in [0.05, 0.1) is 0 Å². The first-order valence-corrected chi connectivity index (χ1v) is 11.3. The first kappa shape index (κ1) is 21.7. The maximum atomic E-state index is 13.4. The molecular formula is C26H32FN3O. The van der Waals surface area contributed by atoms with Crippen molar-refractivity contribution in [2.45, 2.75) is 51.5 Å². The highest BCUT2D eigenvalue weighted by Gasteiger charge is 2.30. The van der Waals surface area contributed by atoms with Gasteiger partial charge in [0, 0.05) is 18.0 Å². The molecule has 1 aliphatic carbocycles. The Bertz CT molecular complexity index is 974. The second-order valence-electron chi connectivity index (χ2n) is 9.16. The summed E-state index contributed by atoms with van der Waals surface area (Å²) in [6, 6.07) is 15.6. The second kappa shape index (κ2) is 9.73. The highest BCUT2D eigenvalue weighted by molar-refractivity contribution is 5.55. The lowest BCUT2D eigenvalue weighted by atomic mass is 9.75. The van der Waals surface area contributed by atoms with E-state index in [1.54, 1.807) is 12.1 Å². The minimum atomic E-state index is -0.170. The normalized spacial score (nSPS) is 20.2. The standard InChI is InChI=1S/C26H32FN3O/c1-18-5-4-6-22(17-18)26-28-24(31-29-26)16-9-19-7-10-20(11-8-19)25(30(2)3)21-12-14-23(27)15-13-21/h4-6,12-15,17,19-20,25H,7-11,16H2,1-3H3. The van der Waals surface area contributed by atoms with Gasteiger partial charge >= 0.3 is 0 Å². The van der Waals surface area contributed by atoms with Crippen molar-refractivity contribution in [3.05, 3.63) is 71.4 Å². The van der Waals surface area contributed by atoms with Gasteiger partial charge in [0.2, 0.25) is 11.7 Å². The van der Waals surface area contributed by atoms with Crippen molar-refractivity contribution in [2.75, 3.05) is 14.1 Å². The maximum Gasteiger partial charge on any atom is 0.226 e. The van der Waals surface area contributed by atoms with Crippen molar-refractivity contribution in [1.29, 1.82) is 0 Å². The zero-order chi connectivity index (χ0) is 21.8. The summed E-state index contributed by atoms with van der Waals surface area (Å²) in [5.41, 5.74) is 3.41. The highest BCUT2D eigenvalue weighted by atomic mass is 19.1. The van der Waals surface area contributed by atoms with Crippen LogP contribution in [-0.4, -0.2) is 29.1 Å². The maximum absolute atomic E-state index is 13.4. The molecule has 1 aliphatic rings. The van der Waals surface area contributed by atoms with E-state index in [9.17, 15) is 4.39 Å². The molecule has 0 spiro atoms. The summed E-state index contributed by atoms with van der Waals surface area (Å²) in [7, 11) is 4.25. The Hall–Kier alpha value is -2.53. The summed E-state index contributed by atoms with van der Waals surface area (Å²) < 4.78 is 18.9. The molecule has 164 valence electrons. The van der Waals surface area contributed by atoms with Crippen LogP contribution in [0.5, 0.6) is 0 Å². The number of hydrogen-bond acceptors (Lipinski definition) is 4. The molecule has 1 heterocycles. The van der Waals surface area contributed by atoms with E-state index in [2.05, 4.69) is 48.2 Å². The van der Waals surface area contributed by atoms with Gasteiger partial charge in [-0.2, -0.15) is 4.98 Å². The summed E-state index contributed by atoms with van der Waals surface area (Å²) in [5.74, 6) is 2.54. The first-order chi connectivity index (χ1) is 15.0. The van der Waals surface area contributed by atoms with Crippen LogP contribution >= 0.6 is 0 Å². The molecule has 31 heavy (non-hydrogen) atoms. The summed E-state index contributed by atoms with van der Waals surface area (Å²) >= 11 is 0. The molecule has 1 aromatic heterocycles. The van der Waals surface area contributed by atoms with E-state index in [1.165, 1.54) is 36.8 Å². The molecule has 4 rings (SSSR count). The van der Waals surface area contributed by atoms with Gasteiger partial charge in [0.15, 0.2) is 0 Å². The summed E-state index contributed by atoms with van der Waals surface area (Å²) in [5, 5.41) is 4.17. The fourth-order valence-corrected chi connectivity index (χ4v) is 5.03. The first-order valence-electron chi connectivity index (χ1n) is 11.3. The molecule has 4 nitrogen and oxygen atoms in total. The predicted molar refractivity (Wildman–Crippen MR) is 121 cm³/mol. The largest absolute Gasteiger partial charge is 0.339 e. The van der Waals surface area contributed by atoms with Crippen molar-refractivity contribution in [1.82, 2.24) is 15.0 Å². The average molecular weight is 422 g/mol. The van der Waals surface area contributed by atoms with E-state index in [0.29, 0.717) is 23.7 Å². The van der Waals surface area contributed by atoms with Crippen LogP contribution in [0.3, 0.4) is 0 Å². The Morgan fingerprint density at radius 3 is 2.48 bits per heavy atom. The molecule has 1 saturated carbocycles. The van der Waals surface area contributed by atoms with Gasteiger partial charge in [-0.3, -0.25) is 0 Å². The molecule has 5 heteroatoms. The van der Waals surface area contributed by atoms with Crippen LogP contribution < -0.4 is 0 Å². The van der Waals surface area contributed by atoms with Crippen molar-refractivity contribution >= 4 is 0 Å². The van der Waals surface area contributed by atoms with Crippen molar-refractivity contribution in [3.63, 3.8) is 0 Å². The van der Waals surface area contributed by atoms with Crippen LogP contribution in [0.25, 0.3) is 11.4 Å². The molecule has 0 amide bonds. The zero-order valence-corrected chi connectivity index (χ0v) is 18.7. The number of nitrogens with zero attached hydrogens (tertiary/aromatic N) is 3. The minimum Gasteiger partial charge on any atom is -0.339 e. The lowest BCUT2D eigenvalue weighted by molar-refractivity contribution is 0.145. The number of halogens is 1. The number of benzene rings is 2. The van der Waals surface area contributed by atoms with E-state index in [1.807, 2.05) is 24.3 Å². The molecule has 0 radical (unpaired) electrons. The number of aromatic nitrogens is 2. The molecular weight excluding hydrogens is 389 g/mol. The SMILES string of the molecule is Cc1cccc(-c2noc(CCC3CCC(C(c4ccc(F)cc4)N(C)C)CC3)n2)c1. The lowest BCUT2D eigenvalue weighted by Crippen LogP contribution is -2.30. The van der Waals surface area contributed by atoms with Gasteiger partial charge in [-0.25, -0.2) is 4.39 Å². The number of aryl methyl sites for hydroxylation is 2. The molecule has 0 aliphatic heterocycles. The molecule has 0 saturated heterocycles. The molecule has 2 aromatic carbocycles. The molecule has 1 fully saturated rings. The second-order valence-corrected chi connectivity index (χ2v) is 9.16. The van der Waals surface area contributed by atoms with E-state index in [4.69, 9.17) is 4.52 Å². The van der Waals surface area contributed by atoms with Gasteiger partial charge in [0.25, 0.3) is 0 Å². The predicted octanol–water partition coefficient (Wildman–Crippen LogP) is 6.23. The summed E-state index contributed by atoms with van der Waals surface area (Å²) in [6.07, 6.45) is 6.76. The van der Waals surface area contributed by atoms with E-state index in [0.717, 1.165) is 24.3 Å². The van der Waals surface area contributed by atoms with Crippen LogP contribution in [0, 0.1) is 24.6 Å². The third-order valence-corrected chi connectivity index (χ3v) is 6.62. The van der Waals surface area contributed by atoms with Crippen LogP contribution in [0.15, 0.2) is 53.1 Å². The topological polar surface area (TPSA) is 42.2 Å². The summed E-state index contributed by atoms with van der Waals surface area (Å²) in [4.78, 5) is 6.89. The van der Waals surface area contributed by atoms with Crippen LogP contribution in [0.1, 0.15) is 55.2 Å². The van der Waals surface area contributed by atoms with Gasteiger partial charge in [-0.15, -0.1) is 0 Å². The smallest absolute Gasteiger partial charge is 0.226 e. The van der Waals surface area contributed by atoms with E-state index >= 15 is 0 Å². The molecule has 0 N–H and O–H groups in total. The van der Waals surface area contributed by atoms with E-state index < -0.39 is 0 Å². The molecule has 1 atom stereocenters. The van der Waals surface area contributed by atoms with E-state index in [-0.39, 0.29) is 5.82 Å². The Labute approximate surface area is 184 Å². The fraction of sp³-hybridized carbons (Fsp3) is 0.462. The lowest BCUT2D eigenvalue weighted by Gasteiger charge is -2.37. The van der Waals surface area contributed by atoms with Crippen molar-refractivity contribution in [2.24, 2.45) is 11.8 Å². The number of rotatable bonds is 7. The van der Waals surface area contributed by atoms with Gasteiger partial charge in [-0.1, -0.05) is 53.9 Å². The van der Waals surface area contributed by atoms with Crippen LogP contribution in [0.2, 0.25) is 0 Å². The van der Waals surface area contributed by atoms with Gasteiger partial charge < -0.3 is 9.42 Å². The zero-order valence-electron chi connectivity index (χ0n) is 18.7. The number of hydrogen-bond donors (Lipinski definition) is 0. The molecule has 1 unspecified atom stereocenters. The molecule has 0 bridgehead atoms. The minimum absolute atomic E-state index is 0.170. The third-order valence-electron chi connectivity index (χ3n) is 6.62. The Morgan fingerprint density at radius 2 is 1.81 bits per heavy atom. The van der Waals surface area contributed by atoms with Gasteiger partial charge in [-0.05, 0) is 75.9 Å². The van der Waals surface area contributed by atoms with Crippen molar-refractivity contribution < 1.29 is 8.91 Å². The average Bonchev–Trinajstić information content (AvgIpc) is 3.24. The van der Waals surface area contributed by atoms with Gasteiger partial charge in [0.1, 0.15) is 5.82 Å². The summed E-state index contributed by atoms with van der Waals surface area (Å²) in [6.45, 7) is 2.07. The fourth-order valence-electron chi connectivity index (χ4n) is 5.03. The van der Waals surface area contributed by atoms with Crippen LogP contribution in [-0.2, 0) is 6.42 Å². The van der Waals surface area contributed by atoms with Crippen LogP contribution in [0.4, 0.5) is 4.39 Å². The monoisotopic (exact) mass is 421 g/mol. The highest BCUT2D eigenvalue weighted by Crippen LogP contribution is 2.40.